The van der Waals surface area contributed by atoms with Gasteiger partial charge >= 0.3 is 0 Å². The van der Waals surface area contributed by atoms with E-state index in [9.17, 15) is 0 Å². The van der Waals surface area contributed by atoms with Crippen molar-refractivity contribution in [2.45, 2.75) is 13.8 Å². The normalized spacial score (nSPS) is 15.9. The van der Waals surface area contributed by atoms with Crippen molar-refractivity contribution in [2.75, 3.05) is 6.54 Å². The van der Waals surface area contributed by atoms with Gasteiger partial charge in [0.1, 0.15) is 0 Å². The van der Waals surface area contributed by atoms with E-state index in [0.717, 1.165) is 17.8 Å². The average molecular weight is 176 g/mol. The maximum Gasteiger partial charge on any atom is 0.0689 e. The molecular formula is C11H16N2. The van der Waals surface area contributed by atoms with Crippen molar-refractivity contribution in [3.05, 3.63) is 35.7 Å². The zero-order valence-corrected chi connectivity index (χ0v) is 8.30. The SMILES string of the molecule is C=NC1=C(C(=C)C(C)C)CNC=C1. The lowest BCUT2D eigenvalue weighted by atomic mass is 9.94. The van der Waals surface area contributed by atoms with Gasteiger partial charge in [-0.2, -0.15) is 0 Å². The van der Waals surface area contributed by atoms with Crippen LogP contribution in [0.4, 0.5) is 0 Å². The monoisotopic (exact) mass is 176 g/mol. The average Bonchev–Trinajstić information content (AvgIpc) is 2.16. The molecule has 1 N–H and O–H groups in total. The molecule has 0 spiro atoms. The molecule has 1 aliphatic heterocycles. The lowest BCUT2D eigenvalue weighted by molar-refractivity contribution is 0.755. The van der Waals surface area contributed by atoms with Crippen LogP contribution in [0.25, 0.3) is 0 Å². The molecule has 0 bridgehead atoms. The highest BCUT2D eigenvalue weighted by molar-refractivity contribution is 5.45. The maximum absolute atomic E-state index is 4.06. The van der Waals surface area contributed by atoms with Gasteiger partial charge in [0.05, 0.1) is 5.70 Å². The number of allylic oxidation sites excluding steroid dienone is 1. The van der Waals surface area contributed by atoms with Crippen LogP contribution >= 0.6 is 0 Å². The van der Waals surface area contributed by atoms with Crippen LogP contribution in [0.1, 0.15) is 13.8 Å². The Labute approximate surface area is 79.8 Å². The largest absolute Gasteiger partial charge is 0.387 e. The Balaban J connectivity index is 2.98. The quantitative estimate of drug-likeness (QED) is 0.655. The number of hydrogen-bond donors (Lipinski definition) is 1. The standard InChI is InChI=1S/C11H16N2/c1-8(2)9(3)10-7-13-6-5-11(10)12-4/h5-6,8,13H,3-4,7H2,1-2H3. The van der Waals surface area contributed by atoms with Gasteiger partial charge in [-0.05, 0) is 36.1 Å². The van der Waals surface area contributed by atoms with Crippen molar-refractivity contribution in [1.29, 1.82) is 0 Å². The summed E-state index contributed by atoms with van der Waals surface area (Å²) >= 11 is 0. The molecule has 0 aromatic heterocycles. The first kappa shape index (κ1) is 9.78. The lowest BCUT2D eigenvalue weighted by Crippen LogP contribution is -2.17. The molecule has 0 radical (unpaired) electrons. The second-order valence-electron chi connectivity index (χ2n) is 3.42. The van der Waals surface area contributed by atoms with Crippen molar-refractivity contribution in [1.82, 2.24) is 5.32 Å². The zero-order valence-electron chi connectivity index (χ0n) is 8.30. The predicted molar refractivity (Wildman–Crippen MR) is 57.7 cm³/mol. The van der Waals surface area contributed by atoms with Crippen molar-refractivity contribution in [3.63, 3.8) is 0 Å². The van der Waals surface area contributed by atoms with Crippen LogP contribution < -0.4 is 5.32 Å². The van der Waals surface area contributed by atoms with E-state index in [0.29, 0.717) is 5.92 Å². The van der Waals surface area contributed by atoms with Crippen LogP contribution in [0.3, 0.4) is 0 Å². The summed E-state index contributed by atoms with van der Waals surface area (Å²) in [6.45, 7) is 12.7. The summed E-state index contributed by atoms with van der Waals surface area (Å²) in [7, 11) is 0. The summed E-state index contributed by atoms with van der Waals surface area (Å²) in [6.07, 6.45) is 3.82. The van der Waals surface area contributed by atoms with Crippen LogP contribution in [0.15, 0.2) is 40.7 Å². The third-order valence-corrected chi connectivity index (χ3v) is 2.20. The van der Waals surface area contributed by atoms with Crippen LogP contribution in [-0.2, 0) is 0 Å². The Bertz CT molecular complexity index is 282. The summed E-state index contributed by atoms with van der Waals surface area (Å²) in [5.41, 5.74) is 3.25. The Kier molecular flexibility index (Phi) is 3.07. The fourth-order valence-electron chi connectivity index (χ4n) is 1.26. The first-order valence-corrected chi connectivity index (χ1v) is 4.45. The Morgan fingerprint density at radius 1 is 1.62 bits per heavy atom. The molecule has 0 saturated heterocycles. The molecule has 0 aromatic rings. The molecule has 2 nitrogen and oxygen atoms in total. The van der Waals surface area contributed by atoms with Gasteiger partial charge in [-0.15, -0.1) is 0 Å². The number of nitrogens with zero attached hydrogens (tertiary/aromatic N) is 1. The number of nitrogens with one attached hydrogen (secondary N) is 1. The molecule has 2 heteroatoms. The fourth-order valence-corrected chi connectivity index (χ4v) is 1.26. The molecule has 0 amide bonds. The van der Waals surface area contributed by atoms with Crippen LogP contribution in [0.5, 0.6) is 0 Å². The van der Waals surface area contributed by atoms with E-state index < -0.39 is 0 Å². The highest BCUT2D eigenvalue weighted by Crippen LogP contribution is 2.23. The molecule has 0 aromatic carbocycles. The van der Waals surface area contributed by atoms with Gasteiger partial charge in [-0.25, -0.2) is 0 Å². The minimum Gasteiger partial charge on any atom is -0.387 e. The molecular weight excluding hydrogens is 160 g/mol. The number of aliphatic imine (C=N–C) groups is 1. The van der Waals surface area contributed by atoms with Gasteiger partial charge in [-0.1, -0.05) is 20.4 Å². The van der Waals surface area contributed by atoms with Gasteiger partial charge in [0.2, 0.25) is 0 Å². The zero-order chi connectivity index (χ0) is 9.84. The second-order valence-corrected chi connectivity index (χ2v) is 3.42. The van der Waals surface area contributed by atoms with Gasteiger partial charge in [0, 0.05) is 6.54 Å². The minimum absolute atomic E-state index is 0.458. The molecule has 1 aliphatic rings. The Morgan fingerprint density at radius 3 is 2.85 bits per heavy atom. The molecule has 0 atom stereocenters. The molecule has 0 aliphatic carbocycles. The fraction of sp³-hybridized carbons (Fsp3) is 0.364. The first-order valence-electron chi connectivity index (χ1n) is 4.45. The van der Waals surface area contributed by atoms with Crippen LogP contribution in [0.2, 0.25) is 0 Å². The first-order chi connectivity index (χ1) is 6.16. The van der Waals surface area contributed by atoms with Gasteiger partial charge in [0.15, 0.2) is 0 Å². The smallest absolute Gasteiger partial charge is 0.0689 e. The summed E-state index contributed by atoms with van der Waals surface area (Å²) < 4.78 is 0. The number of rotatable bonds is 3. The molecule has 1 heterocycles. The molecule has 13 heavy (non-hydrogen) atoms. The van der Waals surface area contributed by atoms with E-state index in [4.69, 9.17) is 0 Å². The van der Waals surface area contributed by atoms with Crippen molar-refractivity contribution < 1.29 is 0 Å². The number of hydrogen-bond acceptors (Lipinski definition) is 2. The summed E-state index contributed by atoms with van der Waals surface area (Å²) in [5, 5.41) is 3.15. The second kappa shape index (κ2) is 4.08. The minimum atomic E-state index is 0.458. The van der Waals surface area contributed by atoms with E-state index >= 15 is 0 Å². The van der Waals surface area contributed by atoms with Crippen LogP contribution in [-0.4, -0.2) is 13.3 Å². The van der Waals surface area contributed by atoms with Crippen molar-refractivity contribution >= 4 is 6.72 Å². The van der Waals surface area contributed by atoms with E-state index in [-0.39, 0.29) is 0 Å². The lowest BCUT2D eigenvalue weighted by Gasteiger charge is -2.18. The molecule has 0 saturated carbocycles. The van der Waals surface area contributed by atoms with Crippen molar-refractivity contribution in [2.24, 2.45) is 10.9 Å². The summed E-state index contributed by atoms with van der Waals surface area (Å²) in [5.74, 6) is 0.458. The molecule has 0 fully saturated rings. The van der Waals surface area contributed by atoms with Crippen molar-refractivity contribution in [3.8, 4) is 0 Å². The Morgan fingerprint density at radius 2 is 2.31 bits per heavy atom. The highest BCUT2D eigenvalue weighted by atomic mass is 14.9. The maximum atomic E-state index is 4.06. The third kappa shape index (κ3) is 2.08. The highest BCUT2D eigenvalue weighted by Gasteiger charge is 2.12. The van der Waals surface area contributed by atoms with Gasteiger partial charge in [0.25, 0.3) is 0 Å². The Hall–Kier alpha value is -1.31. The molecule has 0 unspecified atom stereocenters. The van der Waals surface area contributed by atoms with E-state index in [1.807, 2.05) is 12.3 Å². The summed E-state index contributed by atoms with van der Waals surface area (Å²) in [4.78, 5) is 3.97. The topological polar surface area (TPSA) is 24.4 Å². The summed E-state index contributed by atoms with van der Waals surface area (Å²) in [6, 6.07) is 0. The van der Waals surface area contributed by atoms with Crippen LogP contribution in [0, 0.1) is 5.92 Å². The predicted octanol–water partition coefficient (Wildman–Crippen LogP) is 2.27. The van der Waals surface area contributed by atoms with Gasteiger partial charge < -0.3 is 5.32 Å². The number of dihydropyridines is 1. The van der Waals surface area contributed by atoms with E-state index in [2.05, 4.69) is 37.5 Å². The third-order valence-electron chi connectivity index (χ3n) is 2.20. The molecule has 1 rings (SSSR count). The van der Waals surface area contributed by atoms with E-state index in [1.165, 1.54) is 5.57 Å². The van der Waals surface area contributed by atoms with Gasteiger partial charge in [-0.3, -0.25) is 4.99 Å². The molecule has 70 valence electrons. The van der Waals surface area contributed by atoms with E-state index in [1.54, 1.807) is 0 Å².